The highest BCUT2D eigenvalue weighted by atomic mass is 35.5. The van der Waals surface area contributed by atoms with E-state index in [1.807, 2.05) is 0 Å². The number of ether oxygens (including phenoxy) is 1. The van der Waals surface area contributed by atoms with Gasteiger partial charge >= 0.3 is 6.36 Å². The minimum absolute atomic E-state index is 0.0750. The summed E-state index contributed by atoms with van der Waals surface area (Å²) in [4.78, 5) is 57.8. The third kappa shape index (κ3) is 5.04. The Bertz CT molecular complexity index is 1920. The second-order valence-electron chi connectivity index (χ2n) is 12.6. The van der Waals surface area contributed by atoms with E-state index in [0.29, 0.717) is 10.6 Å². The van der Waals surface area contributed by atoms with E-state index in [4.69, 9.17) is 11.6 Å². The monoisotopic (exact) mass is 697 g/mol. The number of halogens is 5. The molecular formula is C35H28ClF4N3O6. The van der Waals surface area contributed by atoms with Gasteiger partial charge in [0.2, 0.25) is 11.8 Å². The smallest absolute Gasteiger partial charge is 0.508 e. The first-order valence-corrected chi connectivity index (χ1v) is 15.9. The van der Waals surface area contributed by atoms with Gasteiger partial charge in [0.25, 0.3) is 11.8 Å². The van der Waals surface area contributed by atoms with Gasteiger partial charge in [0, 0.05) is 23.0 Å². The summed E-state index contributed by atoms with van der Waals surface area (Å²) in [5.74, 6) is -9.05. The van der Waals surface area contributed by atoms with Crippen molar-refractivity contribution in [2.75, 3.05) is 12.0 Å². The maximum atomic E-state index is 15.0. The fraction of sp³-hybridized carbons (Fsp3) is 0.314. The molecule has 0 bridgehead atoms. The lowest BCUT2D eigenvalue weighted by molar-refractivity contribution is -0.274. The van der Waals surface area contributed by atoms with Crippen LogP contribution in [0.4, 0.5) is 23.2 Å². The fourth-order valence-electron chi connectivity index (χ4n) is 8.34. The van der Waals surface area contributed by atoms with E-state index in [2.05, 4.69) is 10.2 Å². The van der Waals surface area contributed by atoms with Crippen molar-refractivity contribution in [3.63, 3.8) is 0 Å². The molecule has 7 rings (SSSR count). The molecule has 3 aromatic rings. The van der Waals surface area contributed by atoms with Crippen molar-refractivity contribution in [2.24, 2.45) is 23.7 Å². The van der Waals surface area contributed by atoms with Gasteiger partial charge in [-0.25, -0.2) is 4.39 Å². The molecule has 2 N–H and O–H groups in total. The van der Waals surface area contributed by atoms with Gasteiger partial charge in [0.1, 0.15) is 17.3 Å². The number of hydrogen-bond acceptors (Lipinski definition) is 7. The lowest BCUT2D eigenvalue weighted by Gasteiger charge is -2.50. The van der Waals surface area contributed by atoms with Crippen LogP contribution in [0.1, 0.15) is 36.8 Å². The Hall–Kier alpha value is -4.91. The van der Waals surface area contributed by atoms with E-state index < -0.39 is 76.4 Å². The maximum Gasteiger partial charge on any atom is 0.573 e. The van der Waals surface area contributed by atoms with Gasteiger partial charge in [-0.1, -0.05) is 35.4 Å². The van der Waals surface area contributed by atoms with Crippen molar-refractivity contribution in [3.8, 4) is 11.5 Å². The zero-order valence-corrected chi connectivity index (χ0v) is 26.5. The zero-order valence-electron chi connectivity index (χ0n) is 25.7. The van der Waals surface area contributed by atoms with Gasteiger partial charge in [0.15, 0.2) is 0 Å². The highest BCUT2D eigenvalue weighted by Gasteiger charge is 2.70. The molecule has 3 aromatic carbocycles. The molecule has 0 aromatic heterocycles. The van der Waals surface area contributed by atoms with Gasteiger partial charge in [0.05, 0.1) is 28.9 Å². The van der Waals surface area contributed by atoms with Crippen LogP contribution in [0.3, 0.4) is 0 Å². The predicted molar refractivity (Wildman–Crippen MR) is 166 cm³/mol. The first-order chi connectivity index (χ1) is 23.3. The molecule has 4 aliphatic rings. The minimum atomic E-state index is -5.09. The number of amides is 4. The highest BCUT2D eigenvalue weighted by molar-refractivity contribution is 6.30. The summed E-state index contributed by atoms with van der Waals surface area (Å²) in [6.07, 6.45) is -3.37. The molecule has 49 heavy (non-hydrogen) atoms. The first kappa shape index (κ1) is 32.6. The predicted octanol–water partition coefficient (Wildman–Crippen LogP) is 6.09. The second kappa shape index (κ2) is 11.6. The molecule has 2 saturated heterocycles. The molecule has 0 unspecified atom stereocenters. The number of aromatic hydroxyl groups is 1. The Morgan fingerprint density at radius 1 is 0.959 bits per heavy atom. The van der Waals surface area contributed by atoms with Crippen LogP contribution in [0, 0.1) is 29.5 Å². The summed E-state index contributed by atoms with van der Waals surface area (Å²) in [5, 5.41) is 12.5. The summed E-state index contributed by atoms with van der Waals surface area (Å²) < 4.78 is 58.3. The molecule has 6 atom stereocenters. The van der Waals surface area contributed by atoms with Crippen LogP contribution in [0.15, 0.2) is 78.4 Å². The second-order valence-corrected chi connectivity index (χ2v) is 13.0. The lowest BCUT2D eigenvalue weighted by Crippen LogP contribution is -2.53. The number of imide groups is 2. The molecule has 3 fully saturated rings. The number of nitrogens with one attached hydrogen (secondary N) is 1. The number of rotatable bonds is 6. The number of anilines is 1. The van der Waals surface area contributed by atoms with E-state index in [1.165, 1.54) is 36.4 Å². The number of likely N-dealkylation sites (tertiary alicyclic amines) is 1. The number of nitrogens with zero attached hydrogens (tertiary/aromatic N) is 2. The van der Waals surface area contributed by atoms with Gasteiger partial charge in [-0.3, -0.25) is 29.5 Å². The van der Waals surface area contributed by atoms with Crippen LogP contribution in [0.5, 0.6) is 11.5 Å². The Labute approximate surface area is 282 Å². The topological polar surface area (TPSA) is 116 Å². The van der Waals surface area contributed by atoms with E-state index in [-0.39, 0.29) is 42.1 Å². The summed E-state index contributed by atoms with van der Waals surface area (Å²) in [6.45, 7) is 1.79. The average molecular weight is 698 g/mol. The number of fused-ring (bicyclic) bond motifs is 4. The first-order valence-electron chi connectivity index (χ1n) is 15.6. The van der Waals surface area contributed by atoms with E-state index in [1.54, 1.807) is 13.0 Å². The normalized spacial score (nSPS) is 27.9. The van der Waals surface area contributed by atoms with Gasteiger partial charge in [-0.15, -0.1) is 13.2 Å². The minimum Gasteiger partial charge on any atom is -0.508 e. The number of allylic oxidation sites excluding steroid dienone is 2. The number of carbonyl (C=O) groups excluding carboxylic acids is 4. The molecule has 9 nitrogen and oxygen atoms in total. The van der Waals surface area contributed by atoms with E-state index in [9.17, 15) is 37.1 Å². The third-order valence-electron chi connectivity index (χ3n) is 10.2. The summed E-state index contributed by atoms with van der Waals surface area (Å²) in [6, 6.07) is 13.9. The number of alkyl halides is 3. The van der Waals surface area contributed by atoms with Crippen molar-refractivity contribution in [1.82, 2.24) is 9.91 Å². The van der Waals surface area contributed by atoms with Crippen LogP contribution >= 0.6 is 11.6 Å². The average Bonchev–Trinajstić information content (AvgIpc) is 3.43. The third-order valence-corrected chi connectivity index (χ3v) is 10.5. The van der Waals surface area contributed by atoms with Gasteiger partial charge < -0.3 is 9.84 Å². The molecule has 1 saturated carbocycles. The molecular weight excluding hydrogens is 670 g/mol. The maximum absolute atomic E-state index is 15.0. The number of carbonyl (C=O) groups is 4. The largest absolute Gasteiger partial charge is 0.573 e. The highest BCUT2D eigenvalue weighted by Crippen LogP contribution is 2.65. The number of phenolic OH excluding ortho intramolecular Hbond substituents is 1. The van der Waals surface area contributed by atoms with Crippen molar-refractivity contribution < 1.29 is 46.6 Å². The molecule has 4 amide bonds. The molecule has 254 valence electrons. The van der Waals surface area contributed by atoms with Crippen LogP contribution in [0.2, 0.25) is 5.02 Å². The quantitative estimate of drug-likeness (QED) is 0.182. The van der Waals surface area contributed by atoms with E-state index in [0.717, 1.165) is 40.2 Å². The summed E-state index contributed by atoms with van der Waals surface area (Å²) >= 11 is 6.24. The standard InChI is InChI=1S/C35H28ClF4N3O6/c1-2-42-30(45)23-13-12-22-24(28(23)32(42)47)16-26-31(46)43(41-20-9-7-19(37)8-10-20)33(48)34(26,17-3-5-18(36)6-4-17)29(22)25-15-21(11-14-27(25)44)49-35(38,39)40/h3-12,14-15,23-24,26,28-29,41,44H,2,13,16H2,1H3/t23-,24+,26-,28-,29+,34+/m0/s1. The molecule has 2 aliphatic heterocycles. The van der Waals surface area contributed by atoms with Crippen LogP contribution < -0.4 is 10.2 Å². The molecule has 2 aliphatic carbocycles. The Kier molecular flexibility index (Phi) is 7.73. The van der Waals surface area contributed by atoms with Crippen LogP contribution in [-0.4, -0.2) is 51.6 Å². The van der Waals surface area contributed by atoms with Crippen molar-refractivity contribution >= 4 is 40.9 Å². The molecule has 0 spiro atoms. The zero-order chi connectivity index (χ0) is 35.0. The Balaban J connectivity index is 1.49. The molecule has 14 heteroatoms. The van der Waals surface area contributed by atoms with Crippen LogP contribution in [0.25, 0.3) is 0 Å². The Morgan fingerprint density at radius 2 is 1.65 bits per heavy atom. The fourth-order valence-corrected chi connectivity index (χ4v) is 8.46. The lowest BCUT2D eigenvalue weighted by atomic mass is 9.49. The number of hydrazine groups is 1. The van der Waals surface area contributed by atoms with Crippen molar-refractivity contribution in [2.45, 2.75) is 37.5 Å². The molecule has 2 heterocycles. The molecule has 0 radical (unpaired) electrons. The Morgan fingerprint density at radius 3 is 2.31 bits per heavy atom. The number of phenols is 1. The number of hydrogen-bond donors (Lipinski definition) is 2. The van der Waals surface area contributed by atoms with Crippen LogP contribution in [-0.2, 0) is 24.6 Å². The van der Waals surface area contributed by atoms with Gasteiger partial charge in [-0.2, -0.15) is 5.01 Å². The SMILES string of the molecule is CCN1C(=O)[C@H]2[C@H](CC=C3[C@H]2C[C@H]2C(=O)N(Nc4ccc(F)cc4)C(=O)[C@@]2(c2ccc(Cl)cc2)[C@H]3c2cc(OC(F)(F)F)ccc2O)C1=O. The number of benzene rings is 3. The summed E-state index contributed by atoms with van der Waals surface area (Å²) in [7, 11) is 0. The van der Waals surface area contributed by atoms with Crippen molar-refractivity contribution in [1.29, 1.82) is 0 Å². The van der Waals surface area contributed by atoms with Gasteiger partial charge in [-0.05, 0) is 85.8 Å². The van der Waals surface area contributed by atoms with E-state index >= 15 is 4.79 Å². The summed E-state index contributed by atoms with van der Waals surface area (Å²) in [5.41, 5.74) is 1.63. The van der Waals surface area contributed by atoms with Crippen molar-refractivity contribution in [3.05, 3.63) is 100 Å².